The zero-order valence-corrected chi connectivity index (χ0v) is 13.8. The highest BCUT2D eigenvalue weighted by Crippen LogP contribution is 2.55. The number of likely N-dealkylation sites (N-methyl/N-ethyl adjacent to an activating group) is 1. The Balaban J connectivity index is 1.89. The van der Waals surface area contributed by atoms with E-state index in [2.05, 4.69) is 75.2 Å². The van der Waals surface area contributed by atoms with Gasteiger partial charge in [0.2, 0.25) is 0 Å². The van der Waals surface area contributed by atoms with Crippen molar-refractivity contribution in [1.82, 2.24) is 0 Å². The molecule has 1 atom stereocenters. The summed E-state index contributed by atoms with van der Waals surface area (Å²) in [7, 11) is 2.18. The Bertz CT molecular complexity index is 749. The molecular weight excluding hydrogens is 270 g/mol. The molecule has 2 heterocycles. The molecule has 1 unspecified atom stereocenters. The van der Waals surface area contributed by atoms with Crippen molar-refractivity contribution in [2.75, 3.05) is 11.9 Å². The van der Waals surface area contributed by atoms with E-state index in [0.29, 0.717) is 0 Å². The maximum absolute atomic E-state index is 6.75. The van der Waals surface area contributed by atoms with E-state index in [-0.39, 0.29) is 11.1 Å². The van der Waals surface area contributed by atoms with E-state index in [1.54, 1.807) is 0 Å². The largest absolute Gasteiger partial charge is 0.466 e. The van der Waals surface area contributed by atoms with Crippen molar-refractivity contribution in [2.24, 2.45) is 0 Å². The van der Waals surface area contributed by atoms with Crippen LogP contribution in [0.1, 0.15) is 37.0 Å². The summed E-state index contributed by atoms with van der Waals surface area (Å²) in [5.41, 5.74) is 4.91. The van der Waals surface area contributed by atoms with Crippen molar-refractivity contribution >= 4 is 5.69 Å². The first-order valence-electron chi connectivity index (χ1n) is 8.08. The lowest BCUT2D eigenvalue weighted by Gasteiger charge is -2.49. The summed E-state index contributed by atoms with van der Waals surface area (Å²) in [6.45, 7) is 6.78. The molecule has 2 heteroatoms. The van der Waals surface area contributed by atoms with Gasteiger partial charge in [0.1, 0.15) is 5.75 Å². The van der Waals surface area contributed by atoms with Crippen LogP contribution in [0.25, 0.3) is 0 Å². The van der Waals surface area contributed by atoms with Gasteiger partial charge in [-0.25, -0.2) is 0 Å². The Morgan fingerprint density at radius 3 is 2.59 bits per heavy atom. The van der Waals surface area contributed by atoms with Gasteiger partial charge in [-0.3, -0.25) is 0 Å². The molecule has 0 bridgehead atoms. The monoisotopic (exact) mass is 293 g/mol. The zero-order valence-electron chi connectivity index (χ0n) is 13.8. The second kappa shape index (κ2) is 4.28. The predicted octanol–water partition coefficient (Wildman–Crippen LogP) is 4.44. The normalized spacial score (nSPS) is 24.8. The van der Waals surface area contributed by atoms with Crippen LogP contribution >= 0.6 is 0 Å². The van der Waals surface area contributed by atoms with Crippen molar-refractivity contribution < 1.29 is 4.74 Å². The van der Waals surface area contributed by atoms with Crippen molar-refractivity contribution in [1.29, 1.82) is 0 Å². The summed E-state index contributed by atoms with van der Waals surface area (Å²) in [5.74, 6) is 1.08. The van der Waals surface area contributed by atoms with Crippen LogP contribution in [0.2, 0.25) is 0 Å². The average Bonchev–Trinajstić information content (AvgIpc) is 2.68. The number of aryl methyl sites for hydroxylation is 2. The van der Waals surface area contributed by atoms with E-state index in [1.807, 2.05) is 0 Å². The summed E-state index contributed by atoms with van der Waals surface area (Å²) in [5, 5.41) is 0. The average molecular weight is 293 g/mol. The molecule has 0 N–H and O–H groups in total. The van der Waals surface area contributed by atoms with Crippen molar-refractivity contribution in [2.45, 2.75) is 44.8 Å². The number of ether oxygens (including phenoxy) is 1. The van der Waals surface area contributed by atoms with Crippen molar-refractivity contribution in [3.8, 4) is 5.75 Å². The third-order valence-electron chi connectivity index (χ3n) is 5.75. The van der Waals surface area contributed by atoms with E-state index in [1.165, 1.54) is 22.4 Å². The number of nitrogens with zero attached hydrogens (tertiary/aromatic N) is 1. The lowest BCUT2D eigenvalue weighted by atomic mass is 9.74. The third kappa shape index (κ3) is 1.50. The second-order valence-corrected chi connectivity index (χ2v) is 7.15. The molecule has 0 radical (unpaired) electrons. The lowest BCUT2D eigenvalue weighted by Crippen LogP contribution is -2.60. The van der Waals surface area contributed by atoms with E-state index in [9.17, 15) is 0 Å². The molecule has 2 aromatic rings. The molecular formula is C20H23NO. The summed E-state index contributed by atoms with van der Waals surface area (Å²) >= 11 is 0. The molecule has 0 saturated heterocycles. The van der Waals surface area contributed by atoms with Gasteiger partial charge in [-0.05, 0) is 49.9 Å². The highest BCUT2D eigenvalue weighted by Gasteiger charge is 2.58. The molecule has 2 aromatic carbocycles. The Hall–Kier alpha value is -1.96. The minimum atomic E-state index is -0.296. The number of fused-ring (bicyclic) bond motifs is 2. The highest BCUT2D eigenvalue weighted by molar-refractivity contribution is 5.66. The molecule has 22 heavy (non-hydrogen) atoms. The maximum atomic E-state index is 6.75. The van der Waals surface area contributed by atoms with Crippen LogP contribution < -0.4 is 9.64 Å². The molecule has 2 aliphatic rings. The Morgan fingerprint density at radius 2 is 1.82 bits per heavy atom. The number of para-hydroxylation sites is 2. The molecule has 0 aliphatic carbocycles. The first-order valence-corrected chi connectivity index (χ1v) is 8.08. The van der Waals surface area contributed by atoms with Gasteiger partial charge in [-0.15, -0.1) is 0 Å². The fourth-order valence-corrected chi connectivity index (χ4v) is 4.38. The molecule has 0 saturated carbocycles. The summed E-state index contributed by atoms with van der Waals surface area (Å²) in [6.07, 6.45) is 2.08. The van der Waals surface area contributed by atoms with Crippen molar-refractivity contribution in [3.63, 3.8) is 0 Å². The van der Waals surface area contributed by atoms with E-state index >= 15 is 0 Å². The standard InChI is InChI=1S/C20H23NO/c1-14-8-7-9-15-12-13-20(22-18(14)15)19(2,3)16-10-5-6-11-17(16)21(20)4/h5-11H,12-13H2,1-4H3. The second-order valence-electron chi connectivity index (χ2n) is 7.15. The van der Waals surface area contributed by atoms with Gasteiger partial charge in [0.25, 0.3) is 0 Å². The predicted molar refractivity (Wildman–Crippen MR) is 90.7 cm³/mol. The number of hydrogen-bond donors (Lipinski definition) is 0. The molecule has 2 aliphatic heterocycles. The van der Waals surface area contributed by atoms with Gasteiger partial charge in [-0.1, -0.05) is 36.4 Å². The van der Waals surface area contributed by atoms with Crippen LogP contribution in [0.15, 0.2) is 42.5 Å². The lowest BCUT2D eigenvalue weighted by molar-refractivity contribution is -0.00642. The zero-order chi connectivity index (χ0) is 15.5. The molecule has 1 spiro atoms. The van der Waals surface area contributed by atoms with Crippen LogP contribution in [0.4, 0.5) is 5.69 Å². The quantitative estimate of drug-likeness (QED) is 0.712. The maximum Gasteiger partial charge on any atom is 0.192 e. The van der Waals surface area contributed by atoms with Crippen LogP contribution in [0.3, 0.4) is 0 Å². The Kier molecular flexibility index (Phi) is 2.66. The summed E-state index contributed by atoms with van der Waals surface area (Å²) in [4.78, 5) is 2.36. The van der Waals surface area contributed by atoms with Crippen LogP contribution in [0, 0.1) is 6.92 Å². The first-order chi connectivity index (χ1) is 10.5. The van der Waals surface area contributed by atoms with Gasteiger partial charge >= 0.3 is 0 Å². The molecule has 0 amide bonds. The summed E-state index contributed by atoms with van der Waals surface area (Å²) < 4.78 is 6.75. The third-order valence-corrected chi connectivity index (χ3v) is 5.75. The molecule has 0 fully saturated rings. The Labute approximate surface area is 132 Å². The Morgan fingerprint density at radius 1 is 1.05 bits per heavy atom. The molecule has 4 rings (SSSR count). The van der Waals surface area contributed by atoms with Crippen molar-refractivity contribution in [3.05, 3.63) is 59.2 Å². The van der Waals surface area contributed by atoms with Gasteiger partial charge < -0.3 is 9.64 Å². The molecule has 2 nitrogen and oxygen atoms in total. The first kappa shape index (κ1) is 13.7. The van der Waals surface area contributed by atoms with Crippen LogP contribution in [-0.2, 0) is 11.8 Å². The fraction of sp³-hybridized carbons (Fsp3) is 0.400. The molecule has 0 aromatic heterocycles. The van der Waals surface area contributed by atoms with Crippen LogP contribution in [0.5, 0.6) is 5.75 Å². The number of anilines is 1. The van der Waals surface area contributed by atoms with Gasteiger partial charge in [0.05, 0.1) is 5.41 Å². The minimum absolute atomic E-state index is 0.0433. The smallest absolute Gasteiger partial charge is 0.192 e. The number of benzene rings is 2. The minimum Gasteiger partial charge on any atom is -0.466 e. The summed E-state index contributed by atoms with van der Waals surface area (Å²) in [6, 6.07) is 15.2. The number of hydrogen-bond acceptors (Lipinski definition) is 2. The number of rotatable bonds is 0. The fourth-order valence-electron chi connectivity index (χ4n) is 4.38. The highest BCUT2D eigenvalue weighted by atomic mass is 16.5. The topological polar surface area (TPSA) is 12.5 Å². The van der Waals surface area contributed by atoms with Gasteiger partial charge in [0.15, 0.2) is 5.72 Å². The van der Waals surface area contributed by atoms with E-state index in [0.717, 1.165) is 18.6 Å². The van der Waals surface area contributed by atoms with Gasteiger partial charge in [-0.2, -0.15) is 0 Å². The SMILES string of the molecule is Cc1cccc2c1OC1(CC2)N(C)c2ccccc2C1(C)C. The van der Waals surface area contributed by atoms with Crippen LogP contribution in [-0.4, -0.2) is 12.8 Å². The van der Waals surface area contributed by atoms with E-state index in [4.69, 9.17) is 4.74 Å². The molecule has 114 valence electrons. The van der Waals surface area contributed by atoms with Gasteiger partial charge in [0, 0.05) is 19.2 Å². The van der Waals surface area contributed by atoms with E-state index < -0.39 is 0 Å².